The summed E-state index contributed by atoms with van der Waals surface area (Å²) in [6.07, 6.45) is 3.13. The Labute approximate surface area is 98.7 Å². The number of phenolic OH excluding ortho intramolecular Hbond substituents is 1. The van der Waals surface area contributed by atoms with E-state index in [1.807, 2.05) is 6.07 Å². The highest BCUT2D eigenvalue weighted by Crippen LogP contribution is 2.20. The Kier molecular flexibility index (Phi) is 3.35. The fourth-order valence-corrected chi connectivity index (χ4v) is 1.73. The number of hydrogen-bond acceptors (Lipinski definition) is 3. The molecule has 1 aromatic carbocycles. The number of nitrogens with zero attached hydrogens (tertiary/aromatic N) is 1. The minimum Gasteiger partial charge on any atom is -0.508 e. The number of aromatic nitrogens is 1. The lowest BCUT2D eigenvalue weighted by molar-refractivity contribution is 0.474. The van der Waals surface area contributed by atoms with Crippen LogP contribution in [0.2, 0.25) is 0 Å². The van der Waals surface area contributed by atoms with Crippen LogP contribution in [0.15, 0.2) is 42.7 Å². The molecule has 2 rings (SSSR count). The van der Waals surface area contributed by atoms with Gasteiger partial charge in [0, 0.05) is 17.8 Å². The second-order valence-electron chi connectivity index (χ2n) is 3.88. The minimum atomic E-state index is -0.445. The fraction of sp³-hybridized carbons (Fsp3) is 0.154. The predicted octanol–water partition coefficient (Wildman–Crippen LogP) is 2.17. The molecular weight excluding hydrogens is 219 g/mol. The largest absolute Gasteiger partial charge is 0.508 e. The molecule has 1 heterocycles. The van der Waals surface area contributed by atoms with E-state index in [0.717, 1.165) is 11.8 Å². The average molecular weight is 232 g/mol. The zero-order valence-electron chi connectivity index (χ0n) is 9.18. The molecule has 0 saturated heterocycles. The van der Waals surface area contributed by atoms with E-state index in [2.05, 4.69) is 4.98 Å². The lowest BCUT2D eigenvalue weighted by Crippen LogP contribution is -2.15. The normalized spacial score (nSPS) is 12.4. The van der Waals surface area contributed by atoms with Crippen molar-refractivity contribution in [3.05, 3.63) is 59.7 Å². The number of aromatic hydroxyl groups is 1. The van der Waals surface area contributed by atoms with Crippen molar-refractivity contribution in [2.45, 2.75) is 12.5 Å². The second kappa shape index (κ2) is 4.93. The summed E-state index contributed by atoms with van der Waals surface area (Å²) in [5, 5.41) is 9.33. The first kappa shape index (κ1) is 11.5. The highest BCUT2D eigenvalue weighted by molar-refractivity contribution is 5.29. The molecule has 0 aliphatic heterocycles. The first-order chi connectivity index (χ1) is 8.16. The summed E-state index contributed by atoms with van der Waals surface area (Å²) < 4.78 is 13.4. The van der Waals surface area contributed by atoms with Crippen molar-refractivity contribution in [1.82, 2.24) is 4.98 Å². The van der Waals surface area contributed by atoms with Crippen molar-refractivity contribution in [2.24, 2.45) is 5.73 Å². The van der Waals surface area contributed by atoms with Crippen molar-refractivity contribution in [3.8, 4) is 5.75 Å². The van der Waals surface area contributed by atoms with Crippen molar-refractivity contribution in [1.29, 1.82) is 0 Å². The number of pyridine rings is 1. The number of rotatable bonds is 3. The third kappa shape index (κ3) is 2.79. The van der Waals surface area contributed by atoms with Crippen molar-refractivity contribution < 1.29 is 9.50 Å². The van der Waals surface area contributed by atoms with Gasteiger partial charge in [-0.3, -0.25) is 4.98 Å². The Balaban J connectivity index is 2.17. The van der Waals surface area contributed by atoms with Crippen molar-refractivity contribution >= 4 is 0 Å². The van der Waals surface area contributed by atoms with Gasteiger partial charge in [0.15, 0.2) is 0 Å². The summed E-state index contributed by atoms with van der Waals surface area (Å²) >= 11 is 0. The summed E-state index contributed by atoms with van der Waals surface area (Å²) in [5.74, 6) is -0.218. The van der Waals surface area contributed by atoms with Gasteiger partial charge in [0.1, 0.15) is 11.6 Å². The number of benzene rings is 1. The monoisotopic (exact) mass is 232 g/mol. The van der Waals surface area contributed by atoms with E-state index < -0.39 is 11.9 Å². The summed E-state index contributed by atoms with van der Waals surface area (Å²) in [6, 6.07) is 7.92. The molecule has 3 nitrogen and oxygen atoms in total. The van der Waals surface area contributed by atoms with Crippen molar-refractivity contribution in [2.75, 3.05) is 0 Å². The van der Waals surface area contributed by atoms with Crippen LogP contribution in [-0.4, -0.2) is 10.1 Å². The maximum absolute atomic E-state index is 13.4. The lowest BCUT2D eigenvalue weighted by Gasteiger charge is -2.12. The second-order valence-corrected chi connectivity index (χ2v) is 3.88. The molecule has 4 heteroatoms. The van der Waals surface area contributed by atoms with E-state index >= 15 is 0 Å². The smallest absolute Gasteiger partial charge is 0.146 e. The predicted molar refractivity (Wildman–Crippen MR) is 62.9 cm³/mol. The zero-order chi connectivity index (χ0) is 12.3. The molecule has 0 radical (unpaired) electrons. The Morgan fingerprint density at radius 2 is 2.18 bits per heavy atom. The SMILES string of the molecule is NC(Cc1cccc(O)c1)c1ccncc1F. The summed E-state index contributed by atoms with van der Waals surface area (Å²) in [7, 11) is 0. The molecular formula is C13H13FN2O. The van der Waals surface area contributed by atoms with Gasteiger partial charge in [0.25, 0.3) is 0 Å². The number of hydrogen-bond donors (Lipinski definition) is 2. The van der Waals surface area contributed by atoms with Gasteiger partial charge in [-0.25, -0.2) is 4.39 Å². The fourth-order valence-electron chi connectivity index (χ4n) is 1.73. The van der Waals surface area contributed by atoms with Crippen LogP contribution in [0.3, 0.4) is 0 Å². The van der Waals surface area contributed by atoms with Crippen LogP contribution in [0.5, 0.6) is 5.75 Å². The van der Waals surface area contributed by atoms with Gasteiger partial charge in [-0.1, -0.05) is 12.1 Å². The van der Waals surface area contributed by atoms with E-state index in [-0.39, 0.29) is 5.75 Å². The Morgan fingerprint density at radius 1 is 1.35 bits per heavy atom. The minimum absolute atomic E-state index is 0.185. The number of phenols is 1. The summed E-state index contributed by atoms with van der Waals surface area (Å²) in [4.78, 5) is 3.68. The maximum Gasteiger partial charge on any atom is 0.146 e. The van der Waals surface area contributed by atoms with Crippen LogP contribution in [0.1, 0.15) is 17.2 Å². The van der Waals surface area contributed by atoms with Crippen molar-refractivity contribution in [3.63, 3.8) is 0 Å². The quantitative estimate of drug-likeness (QED) is 0.852. The number of nitrogens with two attached hydrogens (primary N) is 1. The summed E-state index contributed by atoms with van der Waals surface area (Å²) in [5.41, 5.74) is 7.23. The molecule has 0 saturated carbocycles. The molecule has 17 heavy (non-hydrogen) atoms. The highest BCUT2D eigenvalue weighted by atomic mass is 19.1. The van der Waals surface area contributed by atoms with Crippen LogP contribution < -0.4 is 5.73 Å². The molecule has 0 bridgehead atoms. The van der Waals surface area contributed by atoms with E-state index in [1.165, 1.54) is 6.20 Å². The third-order valence-corrected chi connectivity index (χ3v) is 2.57. The first-order valence-electron chi connectivity index (χ1n) is 5.29. The molecule has 0 amide bonds. The zero-order valence-corrected chi connectivity index (χ0v) is 9.18. The molecule has 1 aromatic heterocycles. The van der Waals surface area contributed by atoms with Gasteiger partial charge in [0.2, 0.25) is 0 Å². The van der Waals surface area contributed by atoms with E-state index in [1.54, 1.807) is 24.3 Å². The molecule has 3 N–H and O–H groups in total. The van der Waals surface area contributed by atoms with E-state index in [0.29, 0.717) is 12.0 Å². The number of halogens is 1. The summed E-state index contributed by atoms with van der Waals surface area (Å²) in [6.45, 7) is 0. The van der Waals surface area contributed by atoms with Crippen LogP contribution in [-0.2, 0) is 6.42 Å². The Morgan fingerprint density at radius 3 is 2.88 bits per heavy atom. The molecule has 0 aliphatic carbocycles. The molecule has 2 aromatic rings. The topological polar surface area (TPSA) is 59.1 Å². The van der Waals surface area contributed by atoms with Gasteiger partial charge in [0.05, 0.1) is 6.20 Å². The Bertz CT molecular complexity index is 516. The third-order valence-electron chi connectivity index (χ3n) is 2.57. The maximum atomic E-state index is 13.4. The standard InChI is InChI=1S/C13H13FN2O/c14-12-8-16-5-4-11(12)13(15)7-9-2-1-3-10(17)6-9/h1-6,8,13,17H,7,15H2. The van der Waals surface area contributed by atoms with E-state index in [4.69, 9.17) is 5.73 Å². The van der Waals surface area contributed by atoms with Gasteiger partial charge in [-0.05, 0) is 30.2 Å². The van der Waals surface area contributed by atoms with Gasteiger partial charge in [-0.15, -0.1) is 0 Å². The Hall–Kier alpha value is -1.94. The molecule has 0 fully saturated rings. The van der Waals surface area contributed by atoms with Gasteiger partial charge in [-0.2, -0.15) is 0 Å². The molecule has 88 valence electrons. The van der Waals surface area contributed by atoms with Gasteiger partial charge >= 0.3 is 0 Å². The van der Waals surface area contributed by atoms with Crippen LogP contribution >= 0.6 is 0 Å². The van der Waals surface area contributed by atoms with Crippen LogP contribution in [0.4, 0.5) is 4.39 Å². The molecule has 1 unspecified atom stereocenters. The molecule has 1 atom stereocenters. The van der Waals surface area contributed by atoms with Crippen LogP contribution in [0, 0.1) is 5.82 Å². The van der Waals surface area contributed by atoms with E-state index in [9.17, 15) is 9.50 Å². The molecule has 0 spiro atoms. The van der Waals surface area contributed by atoms with Crippen LogP contribution in [0.25, 0.3) is 0 Å². The lowest BCUT2D eigenvalue weighted by atomic mass is 10.0. The van der Waals surface area contributed by atoms with Gasteiger partial charge < -0.3 is 10.8 Å². The first-order valence-corrected chi connectivity index (χ1v) is 5.29. The average Bonchev–Trinajstić information content (AvgIpc) is 2.29. The molecule has 0 aliphatic rings. The highest BCUT2D eigenvalue weighted by Gasteiger charge is 2.11.